The SMILES string of the molecule is CCNC(=O)COc1ccc(/C=C(\C#N)c2nc(-c3ccc(C)cc3)cs2)cc1OC. The molecule has 0 fully saturated rings. The fraction of sp³-hybridized carbons (Fsp3) is 0.208. The number of benzene rings is 2. The normalized spacial score (nSPS) is 11.0. The topological polar surface area (TPSA) is 84.2 Å². The van der Waals surface area contributed by atoms with E-state index in [9.17, 15) is 10.1 Å². The van der Waals surface area contributed by atoms with Crippen molar-refractivity contribution in [2.24, 2.45) is 0 Å². The van der Waals surface area contributed by atoms with Crippen molar-refractivity contribution in [2.75, 3.05) is 20.3 Å². The van der Waals surface area contributed by atoms with Crippen LogP contribution in [-0.4, -0.2) is 31.2 Å². The summed E-state index contributed by atoms with van der Waals surface area (Å²) < 4.78 is 10.9. The van der Waals surface area contributed by atoms with Crippen LogP contribution in [0.15, 0.2) is 47.8 Å². The molecular formula is C24H23N3O3S. The fourth-order valence-electron chi connectivity index (χ4n) is 2.85. The van der Waals surface area contributed by atoms with Gasteiger partial charge in [-0.15, -0.1) is 11.3 Å². The Kier molecular flexibility index (Phi) is 7.41. The van der Waals surface area contributed by atoms with Crippen molar-refractivity contribution in [2.45, 2.75) is 13.8 Å². The van der Waals surface area contributed by atoms with Crippen LogP contribution in [0, 0.1) is 18.3 Å². The summed E-state index contributed by atoms with van der Waals surface area (Å²) in [5.41, 5.74) is 4.27. The number of hydrogen-bond donors (Lipinski definition) is 1. The Labute approximate surface area is 185 Å². The van der Waals surface area contributed by atoms with E-state index in [4.69, 9.17) is 9.47 Å². The second-order valence-electron chi connectivity index (χ2n) is 6.73. The van der Waals surface area contributed by atoms with Gasteiger partial charge in [0.2, 0.25) is 0 Å². The molecule has 0 aliphatic rings. The molecule has 0 aliphatic carbocycles. The molecule has 158 valence electrons. The average Bonchev–Trinajstić information content (AvgIpc) is 3.27. The van der Waals surface area contributed by atoms with Crippen LogP contribution < -0.4 is 14.8 Å². The lowest BCUT2D eigenvalue weighted by molar-refractivity contribution is -0.123. The van der Waals surface area contributed by atoms with E-state index < -0.39 is 0 Å². The van der Waals surface area contributed by atoms with E-state index in [1.54, 1.807) is 24.3 Å². The molecular weight excluding hydrogens is 410 g/mol. The summed E-state index contributed by atoms with van der Waals surface area (Å²) in [5, 5.41) is 15.0. The van der Waals surface area contributed by atoms with Crippen molar-refractivity contribution in [1.29, 1.82) is 5.26 Å². The Morgan fingerprint density at radius 3 is 2.68 bits per heavy atom. The van der Waals surface area contributed by atoms with E-state index >= 15 is 0 Å². The Hall–Kier alpha value is -3.63. The van der Waals surface area contributed by atoms with Gasteiger partial charge in [-0.3, -0.25) is 4.79 Å². The molecule has 6 nitrogen and oxygen atoms in total. The number of thiazole rings is 1. The summed E-state index contributed by atoms with van der Waals surface area (Å²) >= 11 is 1.43. The number of allylic oxidation sites excluding steroid dienone is 1. The predicted molar refractivity (Wildman–Crippen MR) is 123 cm³/mol. The van der Waals surface area contributed by atoms with Crippen molar-refractivity contribution in [3.63, 3.8) is 0 Å². The molecule has 1 amide bonds. The fourth-order valence-corrected chi connectivity index (χ4v) is 3.64. The highest BCUT2D eigenvalue weighted by atomic mass is 32.1. The van der Waals surface area contributed by atoms with Crippen molar-refractivity contribution in [3.05, 3.63) is 64.0 Å². The molecule has 0 aliphatic heterocycles. The molecule has 0 atom stereocenters. The molecule has 0 spiro atoms. The van der Waals surface area contributed by atoms with E-state index in [0.717, 1.165) is 16.8 Å². The van der Waals surface area contributed by atoms with Gasteiger partial charge in [-0.05, 0) is 37.6 Å². The maximum Gasteiger partial charge on any atom is 0.257 e. The standard InChI is InChI=1S/C24H23N3O3S/c1-4-26-23(28)14-30-21-10-7-17(12-22(21)29-3)11-19(13-25)24-27-20(15-31-24)18-8-5-16(2)6-9-18/h5-12,15H,4,14H2,1-3H3,(H,26,28)/b19-11+. The molecule has 0 bridgehead atoms. The number of methoxy groups -OCH3 is 1. The van der Waals surface area contributed by atoms with Crippen LogP contribution in [-0.2, 0) is 4.79 Å². The van der Waals surface area contributed by atoms with Gasteiger partial charge in [-0.25, -0.2) is 4.98 Å². The quantitative estimate of drug-likeness (QED) is 0.520. The molecule has 31 heavy (non-hydrogen) atoms. The number of hydrogen-bond acceptors (Lipinski definition) is 6. The number of aromatic nitrogens is 1. The highest BCUT2D eigenvalue weighted by molar-refractivity contribution is 7.11. The van der Waals surface area contributed by atoms with Crippen LogP contribution in [0.5, 0.6) is 11.5 Å². The van der Waals surface area contributed by atoms with Gasteiger partial charge in [-0.2, -0.15) is 5.26 Å². The summed E-state index contributed by atoms with van der Waals surface area (Å²) in [6.07, 6.45) is 1.76. The lowest BCUT2D eigenvalue weighted by atomic mass is 10.1. The van der Waals surface area contributed by atoms with Gasteiger partial charge in [0.1, 0.15) is 11.1 Å². The number of nitrogens with one attached hydrogen (secondary N) is 1. The first-order valence-electron chi connectivity index (χ1n) is 9.76. The van der Waals surface area contributed by atoms with Crippen LogP contribution >= 0.6 is 11.3 Å². The summed E-state index contributed by atoms with van der Waals surface area (Å²) in [7, 11) is 1.53. The minimum Gasteiger partial charge on any atom is -0.493 e. The Morgan fingerprint density at radius 1 is 1.23 bits per heavy atom. The Balaban J connectivity index is 1.81. The Bertz CT molecular complexity index is 1130. The van der Waals surface area contributed by atoms with E-state index in [2.05, 4.69) is 16.4 Å². The van der Waals surface area contributed by atoms with Crippen LogP contribution in [0.2, 0.25) is 0 Å². The minimum atomic E-state index is -0.201. The number of carbonyl (C=O) groups excluding carboxylic acids is 1. The van der Waals surface area contributed by atoms with Crippen molar-refractivity contribution in [3.8, 4) is 28.8 Å². The number of amides is 1. The number of nitrogens with zero attached hydrogens (tertiary/aromatic N) is 2. The number of nitriles is 1. The highest BCUT2D eigenvalue weighted by Crippen LogP contribution is 2.31. The first kappa shape index (κ1) is 22.1. The van der Waals surface area contributed by atoms with Crippen LogP contribution in [0.25, 0.3) is 22.9 Å². The third-order valence-electron chi connectivity index (χ3n) is 4.43. The number of ether oxygens (including phenoxy) is 2. The van der Waals surface area contributed by atoms with Gasteiger partial charge >= 0.3 is 0 Å². The van der Waals surface area contributed by atoms with Crippen LogP contribution in [0.3, 0.4) is 0 Å². The van der Waals surface area contributed by atoms with Crippen LogP contribution in [0.4, 0.5) is 0 Å². The summed E-state index contributed by atoms with van der Waals surface area (Å²) in [4.78, 5) is 16.2. The molecule has 0 unspecified atom stereocenters. The van der Waals surface area contributed by atoms with Gasteiger partial charge in [0.15, 0.2) is 18.1 Å². The van der Waals surface area contributed by atoms with Crippen LogP contribution in [0.1, 0.15) is 23.1 Å². The summed E-state index contributed by atoms with van der Waals surface area (Å²) in [5.74, 6) is 0.739. The van der Waals surface area contributed by atoms with E-state index in [-0.39, 0.29) is 12.5 Å². The molecule has 2 aromatic carbocycles. The minimum absolute atomic E-state index is 0.0935. The maximum absolute atomic E-state index is 11.6. The molecule has 1 heterocycles. The molecule has 0 saturated heterocycles. The molecule has 1 N–H and O–H groups in total. The first-order chi connectivity index (χ1) is 15.0. The van der Waals surface area contributed by atoms with Crippen molar-refractivity contribution in [1.82, 2.24) is 10.3 Å². The van der Waals surface area contributed by atoms with Gasteiger partial charge in [0.05, 0.1) is 18.4 Å². The lowest BCUT2D eigenvalue weighted by Crippen LogP contribution is -2.28. The number of aryl methyl sites for hydroxylation is 1. The zero-order valence-electron chi connectivity index (χ0n) is 17.6. The number of rotatable bonds is 8. The molecule has 1 aromatic heterocycles. The van der Waals surface area contributed by atoms with Gasteiger partial charge < -0.3 is 14.8 Å². The van der Waals surface area contributed by atoms with Gasteiger partial charge in [-0.1, -0.05) is 35.9 Å². The number of carbonyl (C=O) groups is 1. The van der Waals surface area contributed by atoms with E-state index in [0.29, 0.717) is 28.6 Å². The van der Waals surface area contributed by atoms with Gasteiger partial charge in [0, 0.05) is 17.5 Å². The number of likely N-dealkylation sites (N-methyl/N-ethyl adjacent to an activating group) is 1. The Morgan fingerprint density at radius 2 is 2.00 bits per heavy atom. The third kappa shape index (κ3) is 5.71. The molecule has 0 saturated carbocycles. The monoisotopic (exact) mass is 433 g/mol. The summed E-state index contributed by atoms with van der Waals surface area (Å²) in [6, 6.07) is 15.6. The third-order valence-corrected chi connectivity index (χ3v) is 5.31. The lowest BCUT2D eigenvalue weighted by Gasteiger charge is -2.11. The zero-order valence-corrected chi connectivity index (χ0v) is 18.5. The van der Waals surface area contributed by atoms with E-state index in [1.165, 1.54) is 24.0 Å². The van der Waals surface area contributed by atoms with Gasteiger partial charge in [0.25, 0.3) is 5.91 Å². The summed E-state index contributed by atoms with van der Waals surface area (Å²) in [6.45, 7) is 4.34. The van der Waals surface area contributed by atoms with Crippen molar-refractivity contribution < 1.29 is 14.3 Å². The predicted octanol–water partition coefficient (Wildman–Crippen LogP) is 4.71. The molecule has 7 heteroatoms. The molecule has 3 rings (SSSR count). The van der Waals surface area contributed by atoms with E-state index in [1.807, 2.05) is 43.5 Å². The van der Waals surface area contributed by atoms with Crippen molar-refractivity contribution >= 4 is 28.9 Å². The molecule has 3 aromatic rings. The smallest absolute Gasteiger partial charge is 0.257 e. The second-order valence-corrected chi connectivity index (χ2v) is 7.58. The second kappa shape index (κ2) is 10.4. The maximum atomic E-state index is 11.6. The first-order valence-corrected chi connectivity index (χ1v) is 10.6. The average molecular weight is 434 g/mol. The highest BCUT2D eigenvalue weighted by Gasteiger charge is 2.11. The molecule has 0 radical (unpaired) electrons. The largest absolute Gasteiger partial charge is 0.493 e. The zero-order chi connectivity index (χ0) is 22.2.